The summed E-state index contributed by atoms with van der Waals surface area (Å²) in [6.45, 7) is 6.99. The summed E-state index contributed by atoms with van der Waals surface area (Å²) in [6.07, 6.45) is 3.10. The van der Waals surface area contributed by atoms with Crippen molar-refractivity contribution in [2.75, 3.05) is 32.8 Å². The molecule has 1 N–H and O–H groups in total. The van der Waals surface area contributed by atoms with Crippen molar-refractivity contribution in [1.29, 1.82) is 0 Å². The van der Waals surface area contributed by atoms with E-state index in [1.54, 1.807) is 4.90 Å². The van der Waals surface area contributed by atoms with Crippen LogP contribution in [0.1, 0.15) is 12.8 Å². The zero-order chi connectivity index (χ0) is 11.8. The molecule has 0 bridgehead atoms. The van der Waals surface area contributed by atoms with Gasteiger partial charge < -0.3 is 15.0 Å². The third kappa shape index (κ3) is 4.44. The Morgan fingerprint density at radius 3 is 2.50 bits per heavy atom. The lowest BCUT2D eigenvalue weighted by atomic mass is 10.4. The van der Waals surface area contributed by atoms with Gasteiger partial charge in [0.1, 0.15) is 0 Å². The molecule has 2 saturated heterocycles. The highest BCUT2D eigenvalue weighted by Gasteiger charge is 2.12. The number of carbonyl (C=O) groups is 2. The van der Waals surface area contributed by atoms with Crippen LogP contribution in [0.3, 0.4) is 0 Å². The summed E-state index contributed by atoms with van der Waals surface area (Å²) in [4.78, 5) is 22.8. The van der Waals surface area contributed by atoms with Crippen LogP contribution in [0.15, 0.2) is 12.7 Å². The number of carbonyl (C=O) groups excluding carboxylic acids is 2. The van der Waals surface area contributed by atoms with Crippen LogP contribution in [0.4, 0.5) is 0 Å². The van der Waals surface area contributed by atoms with Crippen molar-refractivity contribution in [1.82, 2.24) is 10.2 Å². The van der Waals surface area contributed by atoms with Gasteiger partial charge in [-0.15, -0.1) is 0 Å². The number of ether oxygens (including phenoxy) is 1. The zero-order valence-corrected chi connectivity index (χ0v) is 9.41. The Morgan fingerprint density at radius 2 is 2.12 bits per heavy atom. The lowest BCUT2D eigenvalue weighted by Gasteiger charge is -2.25. The summed E-state index contributed by atoms with van der Waals surface area (Å²) < 4.78 is 5.07. The van der Waals surface area contributed by atoms with Gasteiger partial charge in [0.15, 0.2) is 0 Å². The largest absolute Gasteiger partial charge is 0.378 e. The van der Waals surface area contributed by atoms with E-state index in [4.69, 9.17) is 4.74 Å². The molecule has 0 aromatic rings. The second kappa shape index (κ2) is 7.00. The van der Waals surface area contributed by atoms with E-state index in [0.717, 1.165) is 19.4 Å². The van der Waals surface area contributed by atoms with Crippen LogP contribution in [0.2, 0.25) is 0 Å². The van der Waals surface area contributed by atoms with E-state index < -0.39 is 0 Å². The lowest BCUT2D eigenvalue weighted by molar-refractivity contribution is -0.130. The molecule has 0 aromatic heterocycles. The Balaban J connectivity index is 0.000000181. The van der Waals surface area contributed by atoms with Crippen LogP contribution in [0, 0.1) is 0 Å². The molecule has 0 saturated carbocycles. The lowest BCUT2D eigenvalue weighted by Crippen LogP contribution is -2.39. The number of rotatable bonds is 1. The van der Waals surface area contributed by atoms with E-state index in [-0.39, 0.29) is 11.8 Å². The molecular formula is C11H18N2O3. The minimum Gasteiger partial charge on any atom is -0.378 e. The van der Waals surface area contributed by atoms with Gasteiger partial charge in [0.05, 0.1) is 13.2 Å². The molecule has 2 rings (SSSR count). The van der Waals surface area contributed by atoms with Crippen LogP contribution in [-0.4, -0.2) is 49.6 Å². The summed E-state index contributed by atoms with van der Waals surface area (Å²) in [5.74, 6) is 0.207. The van der Waals surface area contributed by atoms with E-state index >= 15 is 0 Å². The number of nitrogens with one attached hydrogen (secondary N) is 1. The maximum absolute atomic E-state index is 10.9. The van der Waals surface area contributed by atoms with Crippen LogP contribution < -0.4 is 5.32 Å². The Hall–Kier alpha value is -1.36. The molecule has 0 radical (unpaired) electrons. The molecule has 2 fully saturated rings. The molecule has 0 unspecified atom stereocenters. The van der Waals surface area contributed by atoms with E-state index in [1.165, 1.54) is 6.08 Å². The van der Waals surface area contributed by atoms with Gasteiger partial charge in [0.25, 0.3) is 0 Å². The Kier molecular flexibility index (Phi) is 5.56. The fourth-order valence-electron chi connectivity index (χ4n) is 1.48. The molecule has 90 valence electrons. The van der Waals surface area contributed by atoms with Crippen molar-refractivity contribution in [3.05, 3.63) is 12.7 Å². The highest BCUT2D eigenvalue weighted by molar-refractivity contribution is 5.87. The number of nitrogens with zero attached hydrogens (tertiary/aromatic N) is 1. The minimum absolute atomic E-state index is 0.00306. The van der Waals surface area contributed by atoms with E-state index in [1.807, 2.05) is 0 Å². The van der Waals surface area contributed by atoms with Gasteiger partial charge in [0, 0.05) is 26.1 Å². The average Bonchev–Trinajstić information content (AvgIpc) is 2.81. The summed E-state index contributed by atoms with van der Waals surface area (Å²) in [6, 6.07) is 0. The number of morpholine rings is 1. The highest BCUT2D eigenvalue weighted by atomic mass is 16.5. The molecule has 5 nitrogen and oxygen atoms in total. The van der Waals surface area contributed by atoms with Crippen molar-refractivity contribution in [2.24, 2.45) is 0 Å². The third-order valence-electron chi connectivity index (χ3n) is 2.40. The first-order chi connectivity index (χ1) is 7.74. The number of hydrogen-bond acceptors (Lipinski definition) is 3. The summed E-state index contributed by atoms with van der Waals surface area (Å²) >= 11 is 0. The van der Waals surface area contributed by atoms with E-state index in [0.29, 0.717) is 26.3 Å². The maximum Gasteiger partial charge on any atom is 0.246 e. The molecule has 0 atom stereocenters. The quantitative estimate of drug-likeness (QED) is 0.637. The van der Waals surface area contributed by atoms with Gasteiger partial charge in [-0.1, -0.05) is 6.58 Å². The zero-order valence-electron chi connectivity index (χ0n) is 9.41. The monoisotopic (exact) mass is 226 g/mol. The molecule has 0 aliphatic carbocycles. The van der Waals surface area contributed by atoms with Crippen LogP contribution in [0.25, 0.3) is 0 Å². The molecule has 16 heavy (non-hydrogen) atoms. The van der Waals surface area contributed by atoms with Gasteiger partial charge in [-0.3, -0.25) is 9.59 Å². The van der Waals surface area contributed by atoms with Crippen LogP contribution in [0.5, 0.6) is 0 Å². The van der Waals surface area contributed by atoms with Gasteiger partial charge >= 0.3 is 0 Å². The SMILES string of the molecule is C=CC(=O)N1CCOCC1.O=C1CCCN1. The Bertz CT molecular complexity index is 252. The van der Waals surface area contributed by atoms with Crippen molar-refractivity contribution in [3.8, 4) is 0 Å². The van der Waals surface area contributed by atoms with Crippen molar-refractivity contribution < 1.29 is 14.3 Å². The smallest absolute Gasteiger partial charge is 0.246 e. The average molecular weight is 226 g/mol. The molecule has 2 heterocycles. The second-order valence-corrected chi connectivity index (χ2v) is 3.60. The molecule has 0 spiro atoms. The van der Waals surface area contributed by atoms with Crippen molar-refractivity contribution in [2.45, 2.75) is 12.8 Å². The summed E-state index contributed by atoms with van der Waals surface area (Å²) in [7, 11) is 0. The van der Waals surface area contributed by atoms with E-state index in [9.17, 15) is 9.59 Å². The molecule has 2 aliphatic heterocycles. The van der Waals surface area contributed by atoms with Gasteiger partial charge in [-0.2, -0.15) is 0 Å². The van der Waals surface area contributed by atoms with Gasteiger partial charge in [-0.25, -0.2) is 0 Å². The molecule has 0 aromatic carbocycles. The van der Waals surface area contributed by atoms with Crippen molar-refractivity contribution >= 4 is 11.8 Å². The normalized spacial score (nSPS) is 19.5. The van der Waals surface area contributed by atoms with Gasteiger partial charge in [0.2, 0.25) is 11.8 Å². The van der Waals surface area contributed by atoms with E-state index in [2.05, 4.69) is 11.9 Å². The fourth-order valence-corrected chi connectivity index (χ4v) is 1.48. The molecular weight excluding hydrogens is 208 g/mol. The fraction of sp³-hybridized carbons (Fsp3) is 0.636. The highest BCUT2D eigenvalue weighted by Crippen LogP contribution is 1.96. The first-order valence-electron chi connectivity index (χ1n) is 5.50. The van der Waals surface area contributed by atoms with Crippen molar-refractivity contribution in [3.63, 3.8) is 0 Å². The molecule has 2 amide bonds. The standard InChI is InChI=1S/C7H11NO2.C4H7NO/c1-2-7(9)8-3-5-10-6-4-8;6-4-2-1-3-5-4/h2H,1,3-6H2;1-3H2,(H,5,6). The topological polar surface area (TPSA) is 58.6 Å². The predicted molar refractivity (Wildman–Crippen MR) is 59.8 cm³/mol. The number of amides is 2. The summed E-state index contributed by atoms with van der Waals surface area (Å²) in [5, 5.41) is 2.68. The molecule has 5 heteroatoms. The Labute approximate surface area is 95.4 Å². The molecule has 2 aliphatic rings. The number of hydrogen-bond donors (Lipinski definition) is 1. The first-order valence-corrected chi connectivity index (χ1v) is 5.50. The van der Waals surface area contributed by atoms with Gasteiger partial charge in [-0.05, 0) is 12.5 Å². The van der Waals surface area contributed by atoms with Crippen LogP contribution >= 0.6 is 0 Å². The first kappa shape index (κ1) is 12.7. The maximum atomic E-state index is 10.9. The second-order valence-electron chi connectivity index (χ2n) is 3.60. The van der Waals surface area contributed by atoms with Crippen LogP contribution in [-0.2, 0) is 14.3 Å². The summed E-state index contributed by atoms with van der Waals surface area (Å²) in [5.41, 5.74) is 0. The third-order valence-corrected chi connectivity index (χ3v) is 2.40. The minimum atomic E-state index is 0.00306. The predicted octanol–water partition coefficient (Wildman–Crippen LogP) is -0.0724. The Morgan fingerprint density at radius 1 is 1.44 bits per heavy atom.